The van der Waals surface area contributed by atoms with Gasteiger partial charge in [0.15, 0.2) is 14.3 Å². The summed E-state index contributed by atoms with van der Waals surface area (Å²) in [5.74, 6) is 0. The van der Waals surface area contributed by atoms with Gasteiger partial charge in [0.25, 0.3) is 0 Å². The van der Waals surface area contributed by atoms with E-state index in [1.807, 2.05) is 110 Å². The maximum atomic E-state index is 15.2. The number of aromatic nitrogens is 1. The van der Waals surface area contributed by atoms with Crippen molar-refractivity contribution in [3.63, 3.8) is 0 Å². The first-order chi connectivity index (χ1) is 17.0. The van der Waals surface area contributed by atoms with Crippen LogP contribution in [0.4, 0.5) is 0 Å². The van der Waals surface area contributed by atoms with Crippen LogP contribution in [0.25, 0.3) is 0 Å². The van der Waals surface area contributed by atoms with E-state index < -0.39 is 14.3 Å². The van der Waals surface area contributed by atoms with Gasteiger partial charge in [-0.15, -0.1) is 0 Å². The molecule has 4 rings (SSSR count). The molecule has 0 bridgehead atoms. The Morgan fingerprint density at radius 3 is 1.74 bits per heavy atom. The van der Waals surface area contributed by atoms with Gasteiger partial charge in [0.2, 0.25) is 0 Å². The lowest BCUT2D eigenvalue weighted by Gasteiger charge is -2.27. The maximum absolute atomic E-state index is 15.2. The van der Waals surface area contributed by atoms with E-state index in [0.717, 1.165) is 0 Å². The average Bonchev–Trinajstić information content (AvgIpc) is 2.93. The zero-order chi connectivity index (χ0) is 24.7. The normalized spacial score (nSPS) is 13.9. The van der Waals surface area contributed by atoms with E-state index in [-0.39, 0.29) is 0 Å². The van der Waals surface area contributed by atoms with E-state index in [1.54, 1.807) is 30.6 Å². The van der Waals surface area contributed by atoms with Crippen molar-refractivity contribution in [1.82, 2.24) is 4.98 Å². The second kappa shape index (κ2) is 10.8. The number of pyridine rings is 1. The van der Waals surface area contributed by atoms with Crippen LogP contribution in [0.15, 0.2) is 146 Å². The zero-order valence-electron chi connectivity index (χ0n) is 19.6. The van der Waals surface area contributed by atoms with Gasteiger partial charge in [0.1, 0.15) is 0 Å². The van der Waals surface area contributed by atoms with E-state index in [9.17, 15) is 0 Å². The minimum atomic E-state index is -3.40. The molecule has 3 nitrogen and oxygen atoms in total. The number of hydrogen-bond donors (Lipinski definition) is 0. The van der Waals surface area contributed by atoms with Crippen LogP contribution in [-0.2, 0) is 9.13 Å². The number of hydrogen-bond acceptors (Lipinski definition) is 3. The van der Waals surface area contributed by atoms with Crippen molar-refractivity contribution in [3.8, 4) is 0 Å². The van der Waals surface area contributed by atoms with E-state index in [0.29, 0.717) is 31.8 Å². The fourth-order valence-corrected chi connectivity index (χ4v) is 10.3. The Balaban J connectivity index is 2.08. The molecule has 0 spiro atoms. The lowest BCUT2D eigenvalue weighted by Crippen LogP contribution is -2.36. The Morgan fingerprint density at radius 2 is 1.23 bits per heavy atom. The molecule has 1 unspecified atom stereocenters. The second-order valence-corrected chi connectivity index (χ2v) is 13.7. The molecular formula is C30H27NO2P2. The maximum Gasteiger partial charge on any atom is 0.173 e. The summed E-state index contributed by atoms with van der Waals surface area (Å²) in [4.78, 5) is 4.36. The molecule has 1 atom stereocenters. The monoisotopic (exact) mass is 495 g/mol. The van der Waals surface area contributed by atoms with Crippen LogP contribution < -0.4 is 26.5 Å². The fourth-order valence-electron chi connectivity index (χ4n) is 4.14. The van der Waals surface area contributed by atoms with E-state index in [1.165, 1.54) is 0 Å². The molecule has 0 aliphatic carbocycles. The van der Waals surface area contributed by atoms with Crippen LogP contribution in [0.1, 0.15) is 6.92 Å². The Hall–Kier alpha value is -3.51. The summed E-state index contributed by atoms with van der Waals surface area (Å²) >= 11 is 0. The Kier molecular flexibility index (Phi) is 7.61. The average molecular weight is 495 g/mol. The molecule has 0 saturated carbocycles. The summed E-state index contributed by atoms with van der Waals surface area (Å²) in [6, 6.07) is 29.9. The van der Waals surface area contributed by atoms with Crippen molar-refractivity contribution >= 4 is 40.8 Å². The lowest BCUT2D eigenvalue weighted by atomic mass is 10.4. The molecule has 0 N–H and O–H groups in total. The molecule has 0 aliphatic heterocycles. The summed E-state index contributed by atoms with van der Waals surface area (Å²) in [5, 5.41) is 3.74. The molecule has 4 aromatic rings. The quantitative estimate of drug-likeness (QED) is 0.233. The number of benzene rings is 3. The summed E-state index contributed by atoms with van der Waals surface area (Å²) < 4.78 is 30.4. The predicted octanol–water partition coefficient (Wildman–Crippen LogP) is 5.68. The minimum absolute atomic E-state index is 0.491. The second-order valence-electron chi connectivity index (χ2n) is 8.02. The molecular weight excluding hydrogens is 468 g/mol. The van der Waals surface area contributed by atoms with Crippen LogP contribution in [0, 0.1) is 0 Å². The highest BCUT2D eigenvalue weighted by molar-refractivity contribution is 7.89. The zero-order valence-corrected chi connectivity index (χ0v) is 21.4. The van der Waals surface area contributed by atoms with Crippen LogP contribution in [-0.4, -0.2) is 4.98 Å². The first-order valence-corrected chi connectivity index (χ1v) is 14.7. The van der Waals surface area contributed by atoms with Gasteiger partial charge in [0.05, 0.1) is 0 Å². The highest BCUT2D eigenvalue weighted by Crippen LogP contribution is 2.54. The van der Waals surface area contributed by atoms with Gasteiger partial charge in [-0.1, -0.05) is 122 Å². The number of rotatable bonds is 8. The van der Waals surface area contributed by atoms with Gasteiger partial charge in [-0.3, -0.25) is 4.98 Å². The van der Waals surface area contributed by atoms with E-state index >= 15 is 9.13 Å². The molecule has 3 aromatic carbocycles. The molecule has 1 heterocycles. The standard InChI is InChI=1S/C30H27NO2P2/c1-3-4-8-15-25(2)34(32,26-16-9-5-10-17-26)29-22-23-31-24-30(29)35(33,27-18-11-6-12-19-27)28-20-13-7-14-21-28/h3-24H,1H2,2H3/b8-4-,25-15+. The third kappa shape index (κ3) is 4.71. The smallest absolute Gasteiger partial charge is 0.173 e. The van der Waals surface area contributed by atoms with Gasteiger partial charge < -0.3 is 9.13 Å². The first kappa shape index (κ1) is 24.6. The van der Waals surface area contributed by atoms with Crippen LogP contribution in [0.2, 0.25) is 0 Å². The third-order valence-electron chi connectivity index (χ3n) is 5.90. The SMILES string of the molecule is C=C/C=C\C=C(/C)P(=O)(c1ccccc1)c1ccncc1P(=O)(c1ccccc1)c1ccccc1. The van der Waals surface area contributed by atoms with Crippen molar-refractivity contribution in [2.75, 3.05) is 0 Å². The topological polar surface area (TPSA) is 47.0 Å². The molecule has 0 aliphatic rings. The van der Waals surface area contributed by atoms with Crippen molar-refractivity contribution in [2.24, 2.45) is 0 Å². The van der Waals surface area contributed by atoms with Gasteiger partial charge >= 0.3 is 0 Å². The summed E-state index contributed by atoms with van der Waals surface area (Å²) in [6.45, 7) is 5.58. The predicted molar refractivity (Wildman–Crippen MR) is 150 cm³/mol. The first-order valence-electron chi connectivity index (χ1n) is 11.3. The van der Waals surface area contributed by atoms with Gasteiger partial charge in [-0.25, -0.2) is 0 Å². The van der Waals surface area contributed by atoms with Crippen LogP contribution >= 0.6 is 14.3 Å². The molecule has 0 fully saturated rings. The Morgan fingerprint density at radius 1 is 0.714 bits per heavy atom. The Bertz CT molecular complexity index is 1420. The summed E-state index contributed by atoms with van der Waals surface area (Å²) in [5.41, 5.74) is 0. The highest BCUT2D eigenvalue weighted by Gasteiger charge is 2.39. The van der Waals surface area contributed by atoms with Crippen molar-refractivity contribution in [2.45, 2.75) is 6.92 Å². The molecule has 35 heavy (non-hydrogen) atoms. The van der Waals surface area contributed by atoms with Crippen molar-refractivity contribution in [3.05, 3.63) is 146 Å². The van der Waals surface area contributed by atoms with Gasteiger partial charge in [-0.2, -0.15) is 0 Å². The molecule has 0 radical (unpaired) electrons. The van der Waals surface area contributed by atoms with E-state index in [2.05, 4.69) is 11.6 Å². The van der Waals surface area contributed by atoms with Crippen molar-refractivity contribution in [1.29, 1.82) is 0 Å². The molecule has 1 aromatic heterocycles. The van der Waals surface area contributed by atoms with Crippen molar-refractivity contribution < 1.29 is 9.13 Å². The minimum Gasteiger partial charge on any atom is -0.309 e. The number of nitrogens with zero attached hydrogens (tertiary/aromatic N) is 1. The number of allylic oxidation sites excluding steroid dienone is 5. The molecule has 174 valence electrons. The fraction of sp³-hybridized carbons (Fsp3) is 0.0333. The third-order valence-corrected chi connectivity index (χ3v) is 12.4. The van der Waals surface area contributed by atoms with Gasteiger partial charge in [-0.05, 0) is 18.3 Å². The largest absolute Gasteiger partial charge is 0.309 e. The van der Waals surface area contributed by atoms with Crippen LogP contribution in [0.5, 0.6) is 0 Å². The van der Waals surface area contributed by atoms with Gasteiger partial charge in [0, 0.05) is 38.9 Å². The molecule has 0 saturated heterocycles. The summed E-state index contributed by atoms with van der Waals surface area (Å²) in [6.07, 6.45) is 10.4. The molecule has 0 amide bonds. The lowest BCUT2D eigenvalue weighted by molar-refractivity contribution is 0.589. The summed E-state index contributed by atoms with van der Waals surface area (Å²) in [7, 11) is -6.77. The van der Waals surface area contributed by atoms with Crippen LogP contribution in [0.3, 0.4) is 0 Å². The molecule has 5 heteroatoms. The van der Waals surface area contributed by atoms with E-state index in [4.69, 9.17) is 0 Å². The Labute approximate surface area is 207 Å². The highest BCUT2D eigenvalue weighted by atomic mass is 31.2.